The SMILES string of the molecule is Cc1nc(CN(C)C(=O)c2n[nH]c(C)n2)n[nH]1. The fraction of sp³-hybridized carbons (Fsp3) is 0.444. The van der Waals surface area contributed by atoms with Gasteiger partial charge in [0.25, 0.3) is 5.91 Å². The molecule has 90 valence electrons. The molecule has 0 unspecified atom stereocenters. The summed E-state index contributed by atoms with van der Waals surface area (Å²) in [4.78, 5) is 21.4. The minimum absolute atomic E-state index is 0.150. The van der Waals surface area contributed by atoms with E-state index >= 15 is 0 Å². The molecule has 0 spiro atoms. The van der Waals surface area contributed by atoms with E-state index in [-0.39, 0.29) is 11.7 Å². The lowest BCUT2D eigenvalue weighted by atomic mass is 10.4. The maximum absolute atomic E-state index is 11.9. The van der Waals surface area contributed by atoms with Crippen LogP contribution in [0.15, 0.2) is 0 Å². The van der Waals surface area contributed by atoms with Gasteiger partial charge in [-0.15, -0.1) is 5.10 Å². The Morgan fingerprint density at radius 1 is 1.18 bits per heavy atom. The molecule has 8 nitrogen and oxygen atoms in total. The average Bonchev–Trinajstić information content (AvgIpc) is 2.87. The van der Waals surface area contributed by atoms with Crippen molar-refractivity contribution < 1.29 is 4.79 Å². The highest BCUT2D eigenvalue weighted by Gasteiger charge is 2.17. The molecule has 0 saturated heterocycles. The van der Waals surface area contributed by atoms with E-state index in [2.05, 4.69) is 30.4 Å². The number of aryl methyl sites for hydroxylation is 2. The van der Waals surface area contributed by atoms with Crippen molar-refractivity contribution in [3.63, 3.8) is 0 Å². The summed E-state index contributed by atoms with van der Waals surface area (Å²) in [5.74, 6) is 1.77. The van der Waals surface area contributed by atoms with Gasteiger partial charge in [0.15, 0.2) is 5.82 Å². The van der Waals surface area contributed by atoms with Crippen LogP contribution in [0.4, 0.5) is 0 Å². The first-order chi connectivity index (χ1) is 8.06. The monoisotopic (exact) mass is 235 g/mol. The van der Waals surface area contributed by atoms with E-state index in [4.69, 9.17) is 0 Å². The highest BCUT2D eigenvalue weighted by Crippen LogP contribution is 2.01. The van der Waals surface area contributed by atoms with E-state index in [1.807, 2.05) is 0 Å². The van der Waals surface area contributed by atoms with Crippen molar-refractivity contribution in [2.45, 2.75) is 20.4 Å². The van der Waals surface area contributed by atoms with Gasteiger partial charge in [0.05, 0.1) is 6.54 Å². The van der Waals surface area contributed by atoms with Crippen LogP contribution in [0.3, 0.4) is 0 Å². The molecule has 2 N–H and O–H groups in total. The minimum Gasteiger partial charge on any atom is -0.331 e. The molecule has 0 atom stereocenters. The number of aromatic nitrogens is 6. The summed E-state index contributed by atoms with van der Waals surface area (Å²) in [7, 11) is 1.65. The van der Waals surface area contributed by atoms with Gasteiger partial charge in [0.2, 0.25) is 5.82 Å². The molecule has 0 aromatic carbocycles. The molecule has 0 radical (unpaired) electrons. The number of nitrogens with one attached hydrogen (secondary N) is 2. The van der Waals surface area contributed by atoms with E-state index < -0.39 is 0 Å². The quantitative estimate of drug-likeness (QED) is 0.767. The number of carbonyl (C=O) groups is 1. The summed E-state index contributed by atoms with van der Waals surface area (Å²) in [5.41, 5.74) is 0. The second kappa shape index (κ2) is 4.32. The Kier molecular flexibility index (Phi) is 2.86. The van der Waals surface area contributed by atoms with Gasteiger partial charge in [-0.1, -0.05) is 0 Å². The average molecular weight is 235 g/mol. The molecule has 2 heterocycles. The Labute approximate surface area is 97.5 Å². The Morgan fingerprint density at radius 2 is 1.82 bits per heavy atom. The van der Waals surface area contributed by atoms with Gasteiger partial charge in [-0.2, -0.15) is 5.10 Å². The van der Waals surface area contributed by atoms with Crippen LogP contribution in [0, 0.1) is 13.8 Å². The van der Waals surface area contributed by atoms with Crippen LogP contribution < -0.4 is 0 Å². The number of H-pyrrole nitrogens is 2. The fourth-order valence-electron chi connectivity index (χ4n) is 1.35. The molecule has 0 aliphatic carbocycles. The Hall–Kier alpha value is -2.25. The van der Waals surface area contributed by atoms with Crippen molar-refractivity contribution in [1.29, 1.82) is 0 Å². The minimum atomic E-state index is -0.267. The molecule has 8 heteroatoms. The Balaban J connectivity index is 2.05. The van der Waals surface area contributed by atoms with Gasteiger partial charge in [-0.05, 0) is 13.8 Å². The van der Waals surface area contributed by atoms with Gasteiger partial charge >= 0.3 is 0 Å². The molecule has 0 aliphatic heterocycles. The van der Waals surface area contributed by atoms with Crippen LogP contribution in [-0.2, 0) is 6.54 Å². The third-order valence-corrected chi connectivity index (χ3v) is 2.16. The predicted octanol–water partition coefficient (Wildman–Crippen LogP) is -0.188. The molecule has 0 aliphatic rings. The van der Waals surface area contributed by atoms with Crippen molar-refractivity contribution in [1.82, 2.24) is 35.3 Å². The second-order valence-corrected chi connectivity index (χ2v) is 3.74. The summed E-state index contributed by atoms with van der Waals surface area (Å²) in [5, 5.41) is 13.1. The number of carbonyl (C=O) groups excluding carboxylic acids is 1. The summed E-state index contributed by atoms with van der Waals surface area (Å²) in [6.07, 6.45) is 0. The highest BCUT2D eigenvalue weighted by atomic mass is 16.2. The van der Waals surface area contributed by atoms with Gasteiger partial charge in [-0.3, -0.25) is 15.0 Å². The molecule has 1 amide bonds. The summed E-state index contributed by atoms with van der Waals surface area (Å²) < 4.78 is 0. The third kappa shape index (κ3) is 2.47. The zero-order valence-corrected chi connectivity index (χ0v) is 9.85. The number of aromatic amines is 2. The number of nitrogens with zero attached hydrogens (tertiary/aromatic N) is 5. The zero-order valence-electron chi connectivity index (χ0n) is 9.85. The molecular formula is C9H13N7O. The fourth-order valence-corrected chi connectivity index (χ4v) is 1.35. The molecule has 0 saturated carbocycles. The number of amides is 1. The van der Waals surface area contributed by atoms with Gasteiger partial charge < -0.3 is 4.90 Å². The van der Waals surface area contributed by atoms with E-state index in [0.717, 1.165) is 5.82 Å². The predicted molar refractivity (Wildman–Crippen MR) is 58.0 cm³/mol. The Morgan fingerprint density at radius 3 is 2.35 bits per heavy atom. The van der Waals surface area contributed by atoms with Crippen molar-refractivity contribution in [2.24, 2.45) is 0 Å². The summed E-state index contributed by atoms with van der Waals surface area (Å²) >= 11 is 0. The normalized spacial score (nSPS) is 10.5. The Bertz CT molecular complexity index is 529. The number of hydrogen-bond acceptors (Lipinski definition) is 5. The smallest absolute Gasteiger partial charge is 0.293 e. The molecule has 0 bridgehead atoms. The third-order valence-electron chi connectivity index (χ3n) is 2.16. The maximum atomic E-state index is 11.9. The van der Waals surface area contributed by atoms with Crippen molar-refractivity contribution in [2.75, 3.05) is 7.05 Å². The van der Waals surface area contributed by atoms with Crippen molar-refractivity contribution >= 4 is 5.91 Å². The van der Waals surface area contributed by atoms with E-state index in [0.29, 0.717) is 18.2 Å². The second-order valence-electron chi connectivity index (χ2n) is 3.74. The van der Waals surface area contributed by atoms with Crippen LogP contribution in [-0.4, -0.2) is 48.2 Å². The first-order valence-electron chi connectivity index (χ1n) is 5.08. The van der Waals surface area contributed by atoms with Gasteiger partial charge in [0.1, 0.15) is 11.6 Å². The van der Waals surface area contributed by atoms with Crippen LogP contribution in [0.5, 0.6) is 0 Å². The lowest BCUT2D eigenvalue weighted by Crippen LogP contribution is -2.27. The van der Waals surface area contributed by atoms with E-state index in [1.54, 1.807) is 20.9 Å². The van der Waals surface area contributed by atoms with Gasteiger partial charge in [-0.25, -0.2) is 9.97 Å². The lowest BCUT2D eigenvalue weighted by Gasteiger charge is -2.12. The zero-order chi connectivity index (χ0) is 12.4. The summed E-state index contributed by atoms with van der Waals surface area (Å²) in [6, 6.07) is 0. The van der Waals surface area contributed by atoms with Gasteiger partial charge in [0, 0.05) is 7.05 Å². The van der Waals surface area contributed by atoms with E-state index in [9.17, 15) is 4.79 Å². The standard InChI is InChI=1S/C9H13N7O/c1-5-10-7(14-12-5)4-16(3)9(17)8-11-6(2)13-15-8/h4H2,1-3H3,(H,10,12,14)(H,11,13,15). The van der Waals surface area contributed by atoms with E-state index in [1.165, 1.54) is 4.90 Å². The molecule has 2 aromatic heterocycles. The summed E-state index contributed by atoms with van der Waals surface area (Å²) in [6.45, 7) is 3.86. The highest BCUT2D eigenvalue weighted by molar-refractivity contribution is 5.90. The number of rotatable bonds is 3. The topological polar surface area (TPSA) is 103 Å². The van der Waals surface area contributed by atoms with Crippen LogP contribution in [0.25, 0.3) is 0 Å². The number of hydrogen-bond donors (Lipinski definition) is 2. The first kappa shape index (κ1) is 11.2. The van der Waals surface area contributed by atoms with Crippen molar-refractivity contribution in [3.05, 3.63) is 23.3 Å². The molecular weight excluding hydrogens is 222 g/mol. The molecule has 2 rings (SSSR count). The lowest BCUT2D eigenvalue weighted by molar-refractivity contribution is 0.0770. The largest absolute Gasteiger partial charge is 0.331 e. The maximum Gasteiger partial charge on any atom is 0.293 e. The molecule has 17 heavy (non-hydrogen) atoms. The van der Waals surface area contributed by atoms with Crippen LogP contribution >= 0.6 is 0 Å². The molecule has 0 fully saturated rings. The van der Waals surface area contributed by atoms with Crippen LogP contribution in [0.1, 0.15) is 28.1 Å². The first-order valence-corrected chi connectivity index (χ1v) is 5.08. The van der Waals surface area contributed by atoms with Crippen LogP contribution in [0.2, 0.25) is 0 Å². The van der Waals surface area contributed by atoms with Crippen molar-refractivity contribution in [3.8, 4) is 0 Å². The molecule has 2 aromatic rings.